The highest BCUT2D eigenvalue weighted by atomic mass is 32.2. The van der Waals surface area contributed by atoms with Gasteiger partial charge in [0.1, 0.15) is 11.6 Å². The predicted molar refractivity (Wildman–Crippen MR) is 112 cm³/mol. The molecule has 4 nitrogen and oxygen atoms in total. The molecule has 0 N–H and O–H groups in total. The lowest BCUT2D eigenvalue weighted by atomic mass is 9.89. The lowest BCUT2D eigenvalue weighted by molar-refractivity contribution is -0.126. The average molecular weight is 417 g/mol. The fraction of sp³-hybridized carbons (Fsp3) is 0.348. The van der Waals surface area contributed by atoms with Crippen LogP contribution in [-0.2, 0) is 19.4 Å². The van der Waals surface area contributed by atoms with Crippen LogP contribution in [-0.4, -0.2) is 26.1 Å². The number of sulfone groups is 1. The van der Waals surface area contributed by atoms with Gasteiger partial charge >= 0.3 is 0 Å². The maximum atomic E-state index is 14.6. The second-order valence-corrected chi connectivity index (χ2v) is 9.92. The number of Topliss-reactive ketones (excluding diaryl/α,β-unsaturated/α-hetero) is 1. The molecule has 1 heterocycles. The maximum absolute atomic E-state index is 14.6. The first-order valence-corrected chi connectivity index (χ1v) is 11.5. The number of ether oxygens (including phenoxy) is 1. The predicted octanol–water partition coefficient (Wildman–Crippen LogP) is 4.99. The van der Waals surface area contributed by atoms with Crippen molar-refractivity contribution in [2.45, 2.75) is 50.5 Å². The topological polar surface area (TPSA) is 60.4 Å². The molecule has 154 valence electrons. The first kappa shape index (κ1) is 21.2. The molecule has 0 bridgehead atoms. The quantitative estimate of drug-likeness (QED) is 0.689. The molecule has 0 amide bonds. The van der Waals surface area contributed by atoms with Crippen LogP contribution in [0, 0.1) is 5.82 Å². The molecule has 0 saturated heterocycles. The molecule has 0 radical (unpaired) electrons. The van der Waals surface area contributed by atoms with E-state index in [4.69, 9.17) is 4.74 Å². The van der Waals surface area contributed by atoms with Crippen molar-refractivity contribution in [1.29, 1.82) is 0 Å². The van der Waals surface area contributed by atoms with Crippen LogP contribution in [0.1, 0.15) is 56.7 Å². The molecule has 0 spiro atoms. The normalized spacial score (nSPS) is 19.8. The van der Waals surface area contributed by atoms with Crippen molar-refractivity contribution in [3.63, 3.8) is 0 Å². The summed E-state index contributed by atoms with van der Waals surface area (Å²) in [5.41, 5.74) is 0.879. The Morgan fingerprint density at radius 3 is 2.14 bits per heavy atom. The Labute approximate surface area is 171 Å². The second kappa shape index (κ2) is 7.41. The SMILES string of the molecule is CCC1(C)OC(c2ccc(S(C)(=O)=O)cc2)=C(c2ccc(C(C)C)c(F)c2)C1=O. The molecular formula is C23H25FO4S. The van der Waals surface area contributed by atoms with Crippen molar-refractivity contribution in [3.8, 4) is 0 Å². The minimum absolute atomic E-state index is 0.0254. The van der Waals surface area contributed by atoms with Gasteiger partial charge in [0, 0.05) is 11.8 Å². The fourth-order valence-corrected chi connectivity index (χ4v) is 4.02. The van der Waals surface area contributed by atoms with E-state index in [-0.39, 0.29) is 22.4 Å². The van der Waals surface area contributed by atoms with Gasteiger partial charge in [0.05, 0.1) is 10.5 Å². The van der Waals surface area contributed by atoms with E-state index in [9.17, 15) is 17.6 Å². The molecule has 0 saturated carbocycles. The van der Waals surface area contributed by atoms with Gasteiger partial charge in [0.2, 0.25) is 5.78 Å². The van der Waals surface area contributed by atoms with E-state index in [0.29, 0.717) is 34.4 Å². The smallest absolute Gasteiger partial charge is 0.210 e. The molecule has 29 heavy (non-hydrogen) atoms. The minimum atomic E-state index is -3.34. The van der Waals surface area contributed by atoms with E-state index >= 15 is 0 Å². The zero-order valence-electron chi connectivity index (χ0n) is 17.2. The number of benzene rings is 2. The molecular weight excluding hydrogens is 391 g/mol. The lowest BCUT2D eigenvalue weighted by Gasteiger charge is -2.21. The standard InChI is InChI=1S/C23H25FO4S/c1-6-23(4)22(25)20(16-9-12-18(14(2)3)19(24)13-16)21(28-23)15-7-10-17(11-8-15)29(5,26)27/h7-14H,6H2,1-5H3. The molecule has 1 atom stereocenters. The van der Waals surface area contributed by atoms with E-state index in [1.54, 1.807) is 31.2 Å². The van der Waals surface area contributed by atoms with Gasteiger partial charge < -0.3 is 4.74 Å². The molecule has 1 aliphatic rings. The number of hydrogen-bond donors (Lipinski definition) is 0. The van der Waals surface area contributed by atoms with Crippen molar-refractivity contribution in [1.82, 2.24) is 0 Å². The zero-order valence-corrected chi connectivity index (χ0v) is 18.1. The van der Waals surface area contributed by atoms with Crippen LogP contribution in [0.3, 0.4) is 0 Å². The van der Waals surface area contributed by atoms with E-state index in [1.165, 1.54) is 18.2 Å². The number of halogens is 1. The third-order valence-corrected chi connectivity index (χ3v) is 6.52. The van der Waals surface area contributed by atoms with E-state index in [2.05, 4.69) is 0 Å². The van der Waals surface area contributed by atoms with Gasteiger partial charge in [-0.25, -0.2) is 12.8 Å². The van der Waals surface area contributed by atoms with Crippen molar-refractivity contribution >= 4 is 27.0 Å². The van der Waals surface area contributed by atoms with Gasteiger partial charge in [-0.1, -0.05) is 32.9 Å². The summed E-state index contributed by atoms with van der Waals surface area (Å²) in [6, 6.07) is 11.0. The van der Waals surface area contributed by atoms with Gasteiger partial charge in [-0.2, -0.15) is 0 Å². The van der Waals surface area contributed by atoms with Crippen molar-refractivity contribution in [2.24, 2.45) is 0 Å². The van der Waals surface area contributed by atoms with Crippen LogP contribution in [0.2, 0.25) is 0 Å². The Morgan fingerprint density at radius 1 is 1.07 bits per heavy atom. The van der Waals surface area contributed by atoms with Crippen LogP contribution in [0.15, 0.2) is 47.4 Å². The maximum Gasteiger partial charge on any atom is 0.210 e. The van der Waals surface area contributed by atoms with Gasteiger partial charge in [-0.05, 0) is 60.7 Å². The number of rotatable bonds is 5. The fourth-order valence-electron chi connectivity index (χ4n) is 3.39. The Balaban J connectivity index is 2.18. The summed E-state index contributed by atoms with van der Waals surface area (Å²) in [5.74, 6) is -0.206. The molecule has 1 unspecified atom stereocenters. The number of ketones is 1. The Morgan fingerprint density at radius 2 is 1.66 bits per heavy atom. The minimum Gasteiger partial charge on any atom is -0.478 e. The van der Waals surface area contributed by atoms with Crippen molar-refractivity contribution in [2.75, 3.05) is 6.26 Å². The molecule has 0 aromatic heterocycles. The molecule has 2 aromatic carbocycles. The van der Waals surface area contributed by atoms with Crippen molar-refractivity contribution in [3.05, 3.63) is 65.0 Å². The van der Waals surface area contributed by atoms with Gasteiger partial charge in [-0.3, -0.25) is 4.79 Å². The molecule has 3 rings (SSSR count). The number of carbonyl (C=O) groups excluding carboxylic acids is 1. The molecule has 1 aliphatic heterocycles. The molecule has 6 heteroatoms. The molecule has 2 aromatic rings. The van der Waals surface area contributed by atoms with Crippen LogP contribution >= 0.6 is 0 Å². The van der Waals surface area contributed by atoms with Crippen LogP contribution in [0.25, 0.3) is 11.3 Å². The van der Waals surface area contributed by atoms with Crippen LogP contribution in [0.4, 0.5) is 4.39 Å². The highest BCUT2D eigenvalue weighted by molar-refractivity contribution is 7.90. The largest absolute Gasteiger partial charge is 0.478 e. The van der Waals surface area contributed by atoms with Crippen LogP contribution in [0.5, 0.6) is 0 Å². The van der Waals surface area contributed by atoms with E-state index < -0.39 is 15.4 Å². The summed E-state index contributed by atoms with van der Waals surface area (Å²) in [5, 5.41) is 0. The number of carbonyl (C=O) groups is 1. The first-order chi connectivity index (χ1) is 13.5. The Hall–Kier alpha value is -2.47. The van der Waals surface area contributed by atoms with E-state index in [1.807, 2.05) is 20.8 Å². The average Bonchev–Trinajstić information content (AvgIpc) is 2.92. The van der Waals surface area contributed by atoms with Crippen molar-refractivity contribution < 1.29 is 22.3 Å². The third kappa shape index (κ3) is 3.86. The summed E-state index contributed by atoms with van der Waals surface area (Å²) in [7, 11) is -3.34. The number of hydrogen-bond acceptors (Lipinski definition) is 4. The van der Waals surface area contributed by atoms with Gasteiger partial charge in [-0.15, -0.1) is 0 Å². The monoisotopic (exact) mass is 416 g/mol. The summed E-state index contributed by atoms with van der Waals surface area (Å²) < 4.78 is 44.2. The first-order valence-electron chi connectivity index (χ1n) is 9.56. The highest BCUT2D eigenvalue weighted by Crippen LogP contribution is 2.43. The highest BCUT2D eigenvalue weighted by Gasteiger charge is 2.45. The summed E-state index contributed by atoms with van der Waals surface area (Å²) >= 11 is 0. The van der Waals surface area contributed by atoms with Gasteiger partial charge in [0.25, 0.3) is 0 Å². The third-order valence-electron chi connectivity index (χ3n) is 5.39. The summed E-state index contributed by atoms with van der Waals surface area (Å²) in [6.07, 6.45) is 1.59. The molecule has 0 fully saturated rings. The molecule has 0 aliphatic carbocycles. The second-order valence-electron chi connectivity index (χ2n) is 7.91. The van der Waals surface area contributed by atoms with Gasteiger partial charge in [0.15, 0.2) is 15.4 Å². The summed E-state index contributed by atoms with van der Waals surface area (Å²) in [4.78, 5) is 13.4. The Bertz CT molecular complexity index is 1100. The summed E-state index contributed by atoms with van der Waals surface area (Å²) in [6.45, 7) is 7.38. The van der Waals surface area contributed by atoms with Crippen LogP contribution < -0.4 is 0 Å². The lowest BCUT2D eigenvalue weighted by Crippen LogP contribution is -2.32. The Kier molecular flexibility index (Phi) is 5.43. The zero-order chi connectivity index (χ0) is 21.6. The van der Waals surface area contributed by atoms with E-state index in [0.717, 1.165) is 6.26 Å².